The van der Waals surface area contributed by atoms with Gasteiger partial charge in [-0.3, -0.25) is 4.90 Å². The summed E-state index contributed by atoms with van der Waals surface area (Å²) in [4.78, 5) is 2.54. The van der Waals surface area contributed by atoms with Crippen LogP contribution in [0.2, 0.25) is 0 Å². The van der Waals surface area contributed by atoms with Crippen molar-refractivity contribution in [3.8, 4) is 5.75 Å². The fourth-order valence-corrected chi connectivity index (χ4v) is 3.07. The molecule has 0 aromatic heterocycles. The molecule has 2 aromatic rings. The number of benzene rings is 2. The molecule has 0 radical (unpaired) electrons. The molecule has 4 heteroatoms. The fourth-order valence-electron chi connectivity index (χ4n) is 3.07. The summed E-state index contributed by atoms with van der Waals surface area (Å²) in [7, 11) is 2.06. The van der Waals surface area contributed by atoms with Crippen molar-refractivity contribution >= 4 is 12.4 Å². The van der Waals surface area contributed by atoms with E-state index in [4.69, 9.17) is 4.74 Å². The molecular weight excluding hydrogens is 320 g/mol. The zero-order valence-corrected chi connectivity index (χ0v) is 15.1. The topological polar surface area (TPSA) is 24.5 Å². The van der Waals surface area contributed by atoms with E-state index in [2.05, 4.69) is 53.7 Å². The maximum absolute atomic E-state index is 5.84. The molecule has 3 rings (SSSR count). The zero-order chi connectivity index (χ0) is 15.9. The van der Waals surface area contributed by atoms with Crippen LogP contribution in [-0.2, 0) is 13.2 Å². The maximum atomic E-state index is 5.84. The highest BCUT2D eigenvalue weighted by molar-refractivity contribution is 5.85. The van der Waals surface area contributed by atoms with Gasteiger partial charge in [0.1, 0.15) is 12.4 Å². The summed E-state index contributed by atoms with van der Waals surface area (Å²) in [5.41, 5.74) is 2.56. The number of ether oxygens (including phenoxy) is 1. The van der Waals surface area contributed by atoms with Crippen molar-refractivity contribution in [1.82, 2.24) is 10.2 Å². The molecule has 24 heavy (non-hydrogen) atoms. The van der Waals surface area contributed by atoms with E-state index >= 15 is 0 Å². The van der Waals surface area contributed by atoms with Crippen molar-refractivity contribution in [2.75, 3.05) is 20.1 Å². The zero-order valence-electron chi connectivity index (χ0n) is 14.3. The number of nitrogens with one attached hydrogen (secondary N) is 1. The molecule has 1 fully saturated rings. The summed E-state index contributed by atoms with van der Waals surface area (Å²) >= 11 is 0. The van der Waals surface area contributed by atoms with Crippen LogP contribution in [0.25, 0.3) is 0 Å². The molecule has 0 spiro atoms. The number of rotatable bonds is 6. The minimum atomic E-state index is 0. The molecule has 1 aliphatic heterocycles. The second kappa shape index (κ2) is 9.67. The molecule has 3 nitrogen and oxygen atoms in total. The SMILES string of the molecule is CNC1CCN(Cc2ccc(OCc3ccccc3)cc2)CC1.Cl. The monoisotopic (exact) mass is 346 g/mol. The van der Waals surface area contributed by atoms with E-state index in [1.165, 1.54) is 37.1 Å². The lowest BCUT2D eigenvalue weighted by atomic mass is 10.0. The number of halogens is 1. The molecule has 130 valence electrons. The van der Waals surface area contributed by atoms with Gasteiger partial charge in [0, 0.05) is 12.6 Å². The summed E-state index contributed by atoms with van der Waals surface area (Å²) in [6, 6.07) is 19.5. The van der Waals surface area contributed by atoms with Crippen LogP contribution in [0, 0.1) is 0 Å². The summed E-state index contributed by atoms with van der Waals surface area (Å²) in [5.74, 6) is 0.937. The molecule has 2 aromatic carbocycles. The third-order valence-electron chi connectivity index (χ3n) is 4.57. The first kappa shape index (κ1) is 18.8. The summed E-state index contributed by atoms with van der Waals surface area (Å²) in [6.45, 7) is 4.02. The van der Waals surface area contributed by atoms with E-state index in [1.54, 1.807) is 0 Å². The molecule has 0 saturated carbocycles. The smallest absolute Gasteiger partial charge is 0.119 e. The van der Waals surface area contributed by atoms with E-state index in [9.17, 15) is 0 Å². The Morgan fingerprint density at radius 1 is 0.958 bits per heavy atom. The van der Waals surface area contributed by atoms with Gasteiger partial charge in [0.25, 0.3) is 0 Å². The van der Waals surface area contributed by atoms with Crippen molar-refractivity contribution in [3.05, 3.63) is 65.7 Å². The van der Waals surface area contributed by atoms with Crippen LogP contribution in [0.1, 0.15) is 24.0 Å². The third-order valence-corrected chi connectivity index (χ3v) is 4.57. The Morgan fingerprint density at radius 3 is 2.25 bits per heavy atom. The number of likely N-dealkylation sites (tertiary alicyclic amines) is 1. The van der Waals surface area contributed by atoms with Crippen molar-refractivity contribution in [2.45, 2.75) is 32.0 Å². The highest BCUT2D eigenvalue weighted by Gasteiger charge is 2.17. The number of piperidine rings is 1. The summed E-state index contributed by atoms with van der Waals surface area (Å²) in [5, 5.41) is 3.38. The molecule has 1 heterocycles. The Morgan fingerprint density at radius 2 is 1.62 bits per heavy atom. The molecule has 1 saturated heterocycles. The largest absolute Gasteiger partial charge is 0.489 e. The average molecular weight is 347 g/mol. The third kappa shape index (κ3) is 5.52. The average Bonchev–Trinajstić information content (AvgIpc) is 2.63. The fraction of sp³-hybridized carbons (Fsp3) is 0.400. The number of hydrogen-bond acceptors (Lipinski definition) is 3. The summed E-state index contributed by atoms with van der Waals surface area (Å²) in [6.07, 6.45) is 2.49. The lowest BCUT2D eigenvalue weighted by molar-refractivity contribution is 0.194. The van der Waals surface area contributed by atoms with Gasteiger partial charge >= 0.3 is 0 Å². The van der Waals surface area contributed by atoms with Gasteiger partial charge in [-0.1, -0.05) is 42.5 Å². The molecule has 0 atom stereocenters. The van der Waals surface area contributed by atoms with E-state index < -0.39 is 0 Å². The predicted octanol–water partition coefficient (Wildman–Crippen LogP) is 3.87. The minimum Gasteiger partial charge on any atom is -0.489 e. The van der Waals surface area contributed by atoms with Crippen molar-refractivity contribution in [3.63, 3.8) is 0 Å². The van der Waals surface area contributed by atoms with Gasteiger partial charge in [-0.05, 0) is 56.2 Å². The van der Waals surface area contributed by atoms with Crippen LogP contribution in [0.5, 0.6) is 5.75 Å². The van der Waals surface area contributed by atoms with E-state index in [0.29, 0.717) is 12.6 Å². The Kier molecular flexibility index (Phi) is 7.57. The molecule has 1 aliphatic rings. The molecule has 0 bridgehead atoms. The van der Waals surface area contributed by atoms with Gasteiger partial charge in [0.2, 0.25) is 0 Å². The first-order chi connectivity index (χ1) is 11.3. The highest BCUT2D eigenvalue weighted by atomic mass is 35.5. The Labute approximate surface area is 151 Å². The van der Waals surface area contributed by atoms with E-state index in [1.807, 2.05) is 18.2 Å². The molecular formula is C20H27ClN2O. The first-order valence-corrected chi connectivity index (χ1v) is 8.49. The van der Waals surface area contributed by atoms with E-state index in [0.717, 1.165) is 12.3 Å². The quantitative estimate of drug-likeness (QED) is 0.859. The number of nitrogens with zero attached hydrogens (tertiary/aromatic N) is 1. The van der Waals surface area contributed by atoms with Gasteiger partial charge in [0.15, 0.2) is 0 Å². The Bertz CT molecular complexity index is 580. The molecule has 1 N–H and O–H groups in total. The summed E-state index contributed by atoms with van der Waals surface area (Å²) < 4.78 is 5.84. The van der Waals surface area contributed by atoms with Crippen molar-refractivity contribution < 1.29 is 4.74 Å². The van der Waals surface area contributed by atoms with Crippen molar-refractivity contribution in [1.29, 1.82) is 0 Å². The van der Waals surface area contributed by atoms with Gasteiger partial charge in [-0.25, -0.2) is 0 Å². The minimum absolute atomic E-state index is 0. The maximum Gasteiger partial charge on any atom is 0.119 e. The Balaban J connectivity index is 0.00000208. The van der Waals surface area contributed by atoms with Crippen LogP contribution in [-0.4, -0.2) is 31.1 Å². The standard InChI is InChI=1S/C20H26N2O.ClH/c1-21-19-11-13-22(14-12-19)15-17-7-9-20(10-8-17)23-16-18-5-3-2-4-6-18;/h2-10,19,21H,11-16H2,1H3;1H. The molecule has 0 unspecified atom stereocenters. The van der Waals surface area contributed by atoms with Crippen LogP contribution in [0.3, 0.4) is 0 Å². The Hall–Kier alpha value is -1.55. The lowest BCUT2D eigenvalue weighted by Gasteiger charge is -2.31. The second-order valence-electron chi connectivity index (χ2n) is 6.26. The van der Waals surface area contributed by atoms with Gasteiger partial charge in [-0.2, -0.15) is 0 Å². The van der Waals surface area contributed by atoms with Crippen LogP contribution < -0.4 is 10.1 Å². The van der Waals surface area contributed by atoms with Gasteiger partial charge in [0.05, 0.1) is 0 Å². The second-order valence-corrected chi connectivity index (χ2v) is 6.26. The van der Waals surface area contributed by atoms with Crippen LogP contribution in [0.4, 0.5) is 0 Å². The van der Waals surface area contributed by atoms with Gasteiger partial charge in [-0.15, -0.1) is 12.4 Å². The predicted molar refractivity (Wildman–Crippen MR) is 102 cm³/mol. The first-order valence-electron chi connectivity index (χ1n) is 8.49. The number of hydrogen-bond donors (Lipinski definition) is 1. The molecule has 0 aliphatic carbocycles. The normalized spacial score (nSPS) is 15.7. The van der Waals surface area contributed by atoms with Crippen molar-refractivity contribution in [2.24, 2.45) is 0 Å². The molecule has 0 amide bonds. The highest BCUT2D eigenvalue weighted by Crippen LogP contribution is 2.17. The van der Waals surface area contributed by atoms with E-state index in [-0.39, 0.29) is 12.4 Å². The van der Waals surface area contributed by atoms with Crippen LogP contribution in [0.15, 0.2) is 54.6 Å². The van der Waals surface area contributed by atoms with Gasteiger partial charge < -0.3 is 10.1 Å². The van der Waals surface area contributed by atoms with Crippen LogP contribution >= 0.6 is 12.4 Å². The lowest BCUT2D eigenvalue weighted by Crippen LogP contribution is -2.40.